The summed E-state index contributed by atoms with van der Waals surface area (Å²) in [5.41, 5.74) is 0. The average Bonchev–Trinajstić information content (AvgIpc) is 2.17. The maximum atomic E-state index is 10.5. The Balaban J connectivity index is 3.39. The van der Waals surface area contributed by atoms with Crippen LogP contribution >= 0.6 is 0 Å². The van der Waals surface area contributed by atoms with Crippen LogP contribution in [0.1, 0.15) is 65.7 Å². The number of hydrogen-bond acceptors (Lipinski definition) is 2. The highest BCUT2D eigenvalue weighted by molar-refractivity contribution is 5.65. The average molecular weight is 214 g/mol. The summed E-state index contributed by atoms with van der Waals surface area (Å²) < 4.78 is 4.90. The van der Waals surface area contributed by atoms with Gasteiger partial charge in [0.1, 0.15) is 0 Å². The van der Waals surface area contributed by atoms with Crippen LogP contribution in [0.15, 0.2) is 0 Å². The number of hydrogen-bond donors (Lipinski definition) is 0. The van der Waals surface area contributed by atoms with E-state index in [0.29, 0.717) is 6.61 Å². The van der Waals surface area contributed by atoms with Crippen molar-refractivity contribution in [2.45, 2.75) is 65.7 Å². The highest BCUT2D eigenvalue weighted by Gasteiger charge is 2.06. The van der Waals surface area contributed by atoms with Crippen molar-refractivity contribution in [1.82, 2.24) is 0 Å². The van der Waals surface area contributed by atoms with Crippen LogP contribution < -0.4 is 0 Å². The molecule has 15 heavy (non-hydrogen) atoms. The Hall–Kier alpha value is -0.530. The number of esters is 1. The summed E-state index contributed by atoms with van der Waals surface area (Å²) in [6.45, 7) is 6.57. The maximum absolute atomic E-state index is 10.5. The van der Waals surface area contributed by atoms with Crippen LogP contribution in [0.3, 0.4) is 0 Å². The summed E-state index contributed by atoms with van der Waals surface area (Å²) in [5, 5.41) is 0. The van der Waals surface area contributed by atoms with Crippen molar-refractivity contribution in [3.8, 4) is 0 Å². The summed E-state index contributed by atoms with van der Waals surface area (Å²) in [5.74, 6) is 0.728. The maximum Gasteiger partial charge on any atom is 0.302 e. The molecule has 0 amide bonds. The van der Waals surface area contributed by atoms with E-state index in [9.17, 15) is 4.79 Å². The van der Waals surface area contributed by atoms with Crippen LogP contribution in [-0.4, -0.2) is 12.6 Å². The zero-order valence-corrected chi connectivity index (χ0v) is 10.6. The molecule has 90 valence electrons. The minimum atomic E-state index is -0.159. The van der Waals surface area contributed by atoms with Crippen LogP contribution in [0.2, 0.25) is 0 Å². The molecule has 2 heteroatoms. The van der Waals surface area contributed by atoms with Crippen LogP contribution in [0.25, 0.3) is 0 Å². The Bertz CT molecular complexity index is 149. The monoisotopic (exact) mass is 214 g/mol. The first-order valence-corrected chi connectivity index (χ1v) is 6.34. The van der Waals surface area contributed by atoms with Gasteiger partial charge in [0, 0.05) is 6.92 Å². The molecule has 0 unspecified atom stereocenters. The molecule has 0 aliphatic rings. The van der Waals surface area contributed by atoms with Gasteiger partial charge in [-0.05, 0) is 18.8 Å². The third-order valence-electron chi connectivity index (χ3n) is 2.71. The van der Waals surface area contributed by atoms with Gasteiger partial charge in [-0.2, -0.15) is 0 Å². The fourth-order valence-electron chi connectivity index (χ4n) is 2.00. The van der Waals surface area contributed by atoms with E-state index in [4.69, 9.17) is 4.74 Å². The van der Waals surface area contributed by atoms with Gasteiger partial charge in [-0.1, -0.05) is 46.0 Å². The molecule has 0 aromatic heterocycles. The van der Waals surface area contributed by atoms with Crippen molar-refractivity contribution >= 4 is 5.97 Å². The largest absolute Gasteiger partial charge is 0.466 e. The van der Waals surface area contributed by atoms with Crippen molar-refractivity contribution in [1.29, 1.82) is 0 Å². The topological polar surface area (TPSA) is 26.3 Å². The molecule has 2 nitrogen and oxygen atoms in total. The van der Waals surface area contributed by atoms with Gasteiger partial charge in [-0.25, -0.2) is 0 Å². The van der Waals surface area contributed by atoms with Gasteiger partial charge in [-0.15, -0.1) is 0 Å². The first kappa shape index (κ1) is 14.5. The zero-order valence-electron chi connectivity index (χ0n) is 10.6. The summed E-state index contributed by atoms with van der Waals surface area (Å²) >= 11 is 0. The summed E-state index contributed by atoms with van der Waals surface area (Å²) in [4.78, 5) is 10.5. The Morgan fingerprint density at radius 1 is 1.07 bits per heavy atom. The third kappa shape index (κ3) is 9.77. The minimum absolute atomic E-state index is 0.159. The number of ether oxygens (including phenoxy) is 1. The van der Waals surface area contributed by atoms with Gasteiger partial charge in [-0.3, -0.25) is 4.79 Å². The van der Waals surface area contributed by atoms with E-state index in [1.807, 2.05) is 0 Å². The van der Waals surface area contributed by atoms with E-state index in [1.54, 1.807) is 0 Å². The molecule has 0 radical (unpaired) electrons. The number of carbonyl (C=O) groups excluding carboxylic acids is 1. The Morgan fingerprint density at radius 3 is 2.13 bits per heavy atom. The smallest absolute Gasteiger partial charge is 0.302 e. The first-order valence-electron chi connectivity index (χ1n) is 6.34. The zero-order chi connectivity index (χ0) is 11.5. The van der Waals surface area contributed by atoms with E-state index >= 15 is 0 Å². The van der Waals surface area contributed by atoms with Gasteiger partial charge >= 0.3 is 5.97 Å². The molecule has 0 aromatic carbocycles. The lowest BCUT2D eigenvalue weighted by Gasteiger charge is -2.14. The van der Waals surface area contributed by atoms with Crippen LogP contribution in [-0.2, 0) is 9.53 Å². The van der Waals surface area contributed by atoms with Crippen molar-refractivity contribution in [2.24, 2.45) is 5.92 Å². The van der Waals surface area contributed by atoms with Gasteiger partial charge in [0.15, 0.2) is 0 Å². The molecule has 0 aromatic rings. The molecule has 0 heterocycles. The lowest BCUT2D eigenvalue weighted by Crippen LogP contribution is -2.03. The van der Waals surface area contributed by atoms with Crippen molar-refractivity contribution in [3.63, 3.8) is 0 Å². The molecule has 0 N–H and O–H groups in total. The summed E-state index contributed by atoms with van der Waals surface area (Å²) in [6.07, 6.45) is 8.77. The molecule has 0 aliphatic heterocycles. The lowest BCUT2D eigenvalue weighted by atomic mass is 9.93. The summed E-state index contributed by atoms with van der Waals surface area (Å²) in [6, 6.07) is 0. The van der Waals surface area contributed by atoms with E-state index < -0.39 is 0 Å². The molecular formula is C13H26O2. The Morgan fingerprint density at radius 2 is 1.67 bits per heavy atom. The van der Waals surface area contributed by atoms with Crippen LogP contribution in [0.4, 0.5) is 0 Å². The first-order chi connectivity index (χ1) is 7.20. The predicted octanol–water partition coefficient (Wildman–Crippen LogP) is 3.94. The SMILES string of the molecule is CCCC(CCC)CCCCOC(C)=O. The fraction of sp³-hybridized carbons (Fsp3) is 0.923. The van der Waals surface area contributed by atoms with E-state index in [0.717, 1.165) is 12.3 Å². The van der Waals surface area contributed by atoms with Crippen molar-refractivity contribution in [2.75, 3.05) is 6.61 Å². The molecule has 0 fully saturated rings. The highest BCUT2D eigenvalue weighted by Crippen LogP contribution is 2.19. The lowest BCUT2D eigenvalue weighted by molar-refractivity contribution is -0.141. The van der Waals surface area contributed by atoms with Gasteiger partial charge < -0.3 is 4.74 Å². The molecule has 0 bridgehead atoms. The Kier molecular flexibility index (Phi) is 9.65. The quantitative estimate of drug-likeness (QED) is 0.429. The molecule has 0 rings (SSSR count). The standard InChI is InChI=1S/C13H26O2/c1-4-8-13(9-5-2)10-6-7-11-15-12(3)14/h13H,4-11H2,1-3H3. The van der Waals surface area contributed by atoms with Gasteiger partial charge in [0.25, 0.3) is 0 Å². The van der Waals surface area contributed by atoms with Gasteiger partial charge in [0.05, 0.1) is 6.61 Å². The van der Waals surface area contributed by atoms with E-state index in [2.05, 4.69) is 13.8 Å². The predicted molar refractivity (Wildman–Crippen MR) is 63.8 cm³/mol. The molecule has 0 saturated heterocycles. The van der Waals surface area contributed by atoms with E-state index in [-0.39, 0.29) is 5.97 Å². The van der Waals surface area contributed by atoms with Crippen molar-refractivity contribution in [3.05, 3.63) is 0 Å². The highest BCUT2D eigenvalue weighted by atomic mass is 16.5. The fourth-order valence-corrected chi connectivity index (χ4v) is 2.00. The second kappa shape index (κ2) is 10.0. The van der Waals surface area contributed by atoms with Crippen LogP contribution in [0.5, 0.6) is 0 Å². The molecular weight excluding hydrogens is 188 g/mol. The molecule has 0 spiro atoms. The van der Waals surface area contributed by atoms with E-state index in [1.165, 1.54) is 45.4 Å². The number of carbonyl (C=O) groups is 1. The second-order valence-electron chi connectivity index (χ2n) is 4.28. The minimum Gasteiger partial charge on any atom is -0.466 e. The van der Waals surface area contributed by atoms with Crippen molar-refractivity contribution < 1.29 is 9.53 Å². The number of unbranched alkanes of at least 4 members (excludes halogenated alkanes) is 1. The summed E-state index contributed by atoms with van der Waals surface area (Å²) in [7, 11) is 0. The Labute approximate surface area is 94.4 Å². The normalized spacial score (nSPS) is 10.7. The molecule has 0 atom stereocenters. The van der Waals surface area contributed by atoms with Gasteiger partial charge in [0.2, 0.25) is 0 Å². The molecule has 0 saturated carbocycles. The molecule has 0 aliphatic carbocycles. The van der Waals surface area contributed by atoms with Crippen LogP contribution in [0, 0.1) is 5.92 Å². The third-order valence-corrected chi connectivity index (χ3v) is 2.71. The number of rotatable bonds is 9. The second-order valence-corrected chi connectivity index (χ2v) is 4.28.